The van der Waals surface area contributed by atoms with Crippen molar-refractivity contribution in [1.29, 1.82) is 0 Å². The summed E-state index contributed by atoms with van der Waals surface area (Å²) in [5.74, 6) is 0.555. The van der Waals surface area contributed by atoms with Crippen LogP contribution in [0.25, 0.3) is 0 Å². The molecule has 0 amide bonds. The molecule has 112 valence electrons. The van der Waals surface area contributed by atoms with Crippen LogP contribution in [0.2, 0.25) is 0 Å². The molecular formula is C18H29NO. The lowest BCUT2D eigenvalue weighted by Crippen LogP contribution is -2.26. The quantitative estimate of drug-likeness (QED) is 0.811. The van der Waals surface area contributed by atoms with Gasteiger partial charge in [0.25, 0.3) is 0 Å². The average molecular weight is 275 g/mol. The molecule has 0 aromatic heterocycles. The molecule has 1 fully saturated rings. The highest BCUT2D eigenvalue weighted by molar-refractivity contribution is 5.29. The second-order valence-corrected chi connectivity index (χ2v) is 6.99. The smallest absolute Gasteiger partial charge is 0.0598 e. The molecule has 0 spiro atoms. The summed E-state index contributed by atoms with van der Waals surface area (Å²) in [6.07, 6.45) is 3.78. The second kappa shape index (κ2) is 6.73. The monoisotopic (exact) mass is 275 g/mol. The largest absolute Gasteiger partial charge is 0.376 e. The molecule has 0 saturated heterocycles. The first-order valence-corrected chi connectivity index (χ1v) is 7.88. The molecule has 1 aliphatic rings. The highest BCUT2D eigenvalue weighted by Gasteiger charge is 2.23. The third-order valence-corrected chi connectivity index (χ3v) is 3.86. The Hall–Kier alpha value is -0.860. The number of hydrogen-bond donors (Lipinski definition) is 1. The van der Waals surface area contributed by atoms with Crippen molar-refractivity contribution in [2.24, 2.45) is 0 Å². The Morgan fingerprint density at radius 3 is 2.55 bits per heavy atom. The molecule has 0 radical (unpaired) electrons. The molecule has 1 unspecified atom stereocenters. The van der Waals surface area contributed by atoms with Crippen LogP contribution in [0, 0.1) is 6.92 Å². The van der Waals surface area contributed by atoms with Gasteiger partial charge in [0.15, 0.2) is 0 Å². The Bertz CT molecular complexity index is 418. The Kier molecular flexibility index (Phi) is 5.22. The summed E-state index contributed by atoms with van der Waals surface area (Å²) >= 11 is 0. The summed E-state index contributed by atoms with van der Waals surface area (Å²) in [6, 6.07) is 9.52. The van der Waals surface area contributed by atoms with Crippen LogP contribution in [0.5, 0.6) is 0 Å². The van der Waals surface area contributed by atoms with E-state index in [0.717, 1.165) is 25.6 Å². The minimum Gasteiger partial charge on any atom is -0.376 e. The Labute approximate surface area is 123 Å². The van der Waals surface area contributed by atoms with Crippen LogP contribution in [-0.2, 0) is 4.74 Å². The van der Waals surface area contributed by atoms with Crippen LogP contribution in [-0.4, -0.2) is 24.8 Å². The van der Waals surface area contributed by atoms with E-state index in [9.17, 15) is 0 Å². The van der Waals surface area contributed by atoms with Gasteiger partial charge in [-0.25, -0.2) is 0 Å². The van der Waals surface area contributed by atoms with Crippen LogP contribution < -0.4 is 5.32 Å². The molecule has 1 atom stereocenters. The number of benzene rings is 1. The summed E-state index contributed by atoms with van der Waals surface area (Å²) < 4.78 is 5.92. The molecule has 1 N–H and O–H groups in total. The second-order valence-electron chi connectivity index (χ2n) is 6.99. The van der Waals surface area contributed by atoms with E-state index in [0.29, 0.717) is 5.92 Å². The van der Waals surface area contributed by atoms with Crippen LogP contribution in [0.15, 0.2) is 24.3 Å². The summed E-state index contributed by atoms with van der Waals surface area (Å²) in [5.41, 5.74) is 2.82. The first-order valence-electron chi connectivity index (χ1n) is 7.88. The van der Waals surface area contributed by atoms with E-state index in [1.54, 1.807) is 0 Å². The summed E-state index contributed by atoms with van der Waals surface area (Å²) in [6.45, 7) is 10.5. The lowest BCUT2D eigenvalue weighted by atomic mass is 9.92. The van der Waals surface area contributed by atoms with E-state index in [1.807, 2.05) is 0 Å². The van der Waals surface area contributed by atoms with Crippen molar-refractivity contribution in [3.05, 3.63) is 35.4 Å². The molecule has 2 rings (SSSR count). The highest BCUT2D eigenvalue weighted by atomic mass is 16.5. The minimum absolute atomic E-state index is 0.0415. The fourth-order valence-corrected chi connectivity index (χ4v) is 2.52. The van der Waals surface area contributed by atoms with Gasteiger partial charge in [0.1, 0.15) is 0 Å². The Balaban J connectivity index is 1.94. The van der Waals surface area contributed by atoms with Gasteiger partial charge in [0.05, 0.1) is 5.60 Å². The molecule has 2 nitrogen and oxygen atoms in total. The van der Waals surface area contributed by atoms with E-state index < -0.39 is 0 Å². The van der Waals surface area contributed by atoms with Crippen LogP contribution >= 0.6 is 0 Å². The third-order valence-electron chi connectivity index (χ3n) is 3.86. The van der Waals surface area contributed by atoms with E-state index in [1.165, 1.54) is 24.0 Å². The Morgan fingerprint density at radius 1 is 1.25 bits per heavy atom. The summed E-state index contributed by atoms with van der Waals surface area (Å²) in [7, 11) is 0. The number of ether oxygens (including phenoxy) is 1. The lowest BCUT2D eigenvalue weighted by molar-refractivity contribution is -0.00625. The van der Waals surface area contributed by atoms with Gasteiger partial charge >= 0.3 is 0 Å². The van der Waals surface area contributed by atoms with E-state index >= 15 is 0 Å². The zero-order valence-electron chi connectivity index (χ0n) is 13.4. The standard InChI is InChI=1S/C18H29NO/c1-14-7-5-6-8-17(14)15(13-19-16-9-10-16)11-12-20-18(2,3)4/h5-8,15-16,19H,9-13H2,1-4H3. The van der Waals surface area contributed by atoms with Gasteiger partial charge in [0, 0.05) is 19.2 Å². The lowest BCUT2D eigenvalue weighted by Gasteiger charge is -2.24. The predicted molar refractivity (Wildman–Crippen MR) is 85.3 cm³/mol. The predicted octanol–water partition coefficient (Wildman–Crippen LogP) is 4.04. The summed E-state index contributed by atoms with van der Waals surface area (Å²) in [5, 5.41) is 3.67. The van der Waals surface area contributed by atoms with Crippen molar-refractivity contribution >= 4 is 0 Å². The maximum absolute atomic E-state index is 5.92. The van der Waals surface area contributed by atoms with Crippen molar-refractivity contribution in [1.82, 2.24) is 5.32 Å². The first-order chi connectivity index (χ1) is 9.46. The van der Waals surface area contributed by atoms with Crippen molar-refractivity contribution in [3.8, 4) is 0 Å². The van der Waals surface area contributed by atoms with Crippen molar-refractivity contribution in [2.45, 2.75) is 64.5 Å². The molecular weight excluding hydrogens is 246 g/mol. The number of hydrogen-bond acceptors (Lipinski definition) is 2. The van der Waals surface area contributed by atoms with Crippen molar-refractivity contribution in [3.63, 3.8) is 0 Å². The van der Waals surface area contributed by atoms with Crippen molar-refractivity contribution < 1.29 is 4.74 Å². The molecule has 1 aromatic carbocycles. The van der Waals surface area contributed by atoms with Gasteiger partial charge in [-0.2, -0.15) is 0 Å². The number of aryl methyl sites for hydroxylation is 1. The molecule has 0 aliphatic heterocycles. The van der Waals surface area contributed by atoms with E-state index in [-0.39, 0.29) is 5.60 Å². The van der Waals surface area contributed by atoms with Crippen LogP contribution in [0.4, 0.5) is 0 Å². The molecule has 1 saturated carbocycles. The van der Waals surface area contributed by atoms with Gasteiger partial charge in [-0.15, -0.1) is 0 Å². The van der Waals surface area contributed by atoms with Crippen LogP contribution in [0.3, 0.4) is 0 Å². The number of rotatable bonds is 7. The van der Waals surface area contributed by atoms with Crippen LogP contribution in [0.1, 0.15) is 57.1 Å². The van der Waals surface area contributed by atoms with Gasteiger partial charge in [-0.3, -0.25) is 0 Å². The fraction of sp³-hybridized carbons (Fsp3) is 0.667. The van der Waals surface area contributed by atoms with E-state index in [2.05, 4.69) is 57.3 Å². The van der Waals surface area contributed by atoms with Gasteiger partial charge in [-0.1, -0.05) is 24.3 Å². The summed E-state index contributed by atoms with van der Waals surface area (Å²) in [4.78, 5) is 0. The molecule has 1 aliphatic carbocycles. The molecule has 20 heavy (non-hydrogen) atoms. The molecule has 2 heteroatoms. The zero-order valence-corrected chi connectivity index (χ0v) is 13.4. The topological polar surface area (TPSA) is 21.3 Å². The third kappa shape index (κ3) is 5.26. The SMILES string of the molecule is Cc1ccccc1C(CCOC(C)(C)C)CNC1CC1. The highest BCUT2D eigenvalue weighted by Crippen LogP contribution is 2.26. The maximum Gasteiger partial charge on any atom is 0.0598 e. The van der Waals surface area contributed by atoms with Gasteiger partial charge in [-0.05, 0) is 64.0 Å². The zero-order chi connectivity index (χ0) is 14.6. The number of nitrogens with one attached hydrogen (secondary N) is 1. The fourth-order valence-electron chi connectivity index (χ4n) is 2.52. The minimum atomic E-state index is -0.0415. The molecule has 1 aromatic rings. The molecule has 0 heterocycles. The van der Waals surface area contributed by atoms with Crippen molar-refractivity contribution in [2.75, 3.05) is 13.2 Å². The van der Waals surface area contributed by atoms with Gasteiger partial charge < -0.3 is 10.1 Å². The average Bonchev–Trinajstić information content (AvgIpc) is 3.17. The Morgan fingerprint density at radius 2 is 1.95 bits per heavy atom. The first kappa shape index (κ1) is 15.5. The van der Waals surface area contributed by atoms with Gasteiger partial charge in [0.2, 0.25) is 0 Å². The maximum atomic E-state index is 5.92. The normalized spacial score (nSPS) is 17.2. The molecule has 0 bridgehead atoms. The van der Waals surface area contributed by atoms with E-state index in [4.69, 9.17) is 4.74 Å².